The van der Waals surface area contributed by atoms with Crippen molar-refractivity contribution in [3.8, 4) is 0 Å². The molecule has 2 heterocycles. The van der Waals surface area contributed by atoms with Gasteiger partial charge in [-0.2, -0.15) is 0 Å². The molecule has 0 radical (unpaired) electrons. The number of rotatable bonds is 34. The van der Waals surface area contributed by atoms with Crippen LogP contribution in [0.1, 0.15) is 199 Å². The molecule has 1 aromatic heterocycles. The van der Waals surface area contributed by atoms with Gasteiger partial charge in [0.15, 0.2) is 5.79 Å². The lowest BCUT2D eigenvalue weighted by atomic mass is 9.98. The summed E-state index contributed by atoms with van der Waals surface area (Å²) in [4.78, 5) is 6.72. The molecule has 0 bridgehead atoms. The van der Waals surface area contributed by atoms with Gasteiger partial charge in [0.05, 0.1) is 12.2 Å². The predicted molar refractivity (Wildman–Crippen MR) is 234 cm³/mol. The largest absolute Gasteiger partial charge is 0.344 e. The van der Waals surface area contributed by atoms with E-state index in [0.717, 1.165) is 51.5 Å². The predicted octanol–water partition coefficient (Wildman–Crippen LogP) is 14.6. The monoisotopic (exact) mass is 745 g/mol. The molecule has 2 fully saturated rings. The second kappa shape index (κ2) is 31.1. The van der Waals surface area contributed by atoms with Crippen molar-refractivity contribution in [1.82, 2.24) is 9.88 Å². The number of likely N-dealkylation sites (N-methyl/N-ethyl adjacent to an activating group) is 1. The molecule has 0 aromatic carbocycles. The van der Waals surface area contributed by atoms with E-state index in [1.807, 2.05) is 12.4 Å². The van der Waals surface area contributed by atoms with E-state index in [-0.39, 0.29) is 18.0 Å². The zero-order chi connectivity index (χ0) is 38.2. The minimum atomic E-state index is -0.347. The van der Waals surface area contributed by atoms with Crippen molar-refractivity contribution in [3.05, 3.63) is 78.7 Å². The van der Waals surface area contributed by atoms with Crippen LogP contribution in [0.25, 0.3) is 0 Å². The van der Waals surface area contributed by atoms with Crippen molar-refractivity contribution in [2.24, 2.45) is 0 Å². The Bertz CT molecular complexity index is 1060. The molecular weight excluding hydrogens is 661 g/mol. The molecule has 2 atom stereocenters. The summed E-state index contributed by atoms with van der Waals surface area (Å²) in [6.07, 6.45) is 59.5. The highest BCUT2D eigenvalue weighted by Gasteiger charge is 2.51. The van der Waals surface area contributed by atoms with Crippen LogP contribution in [-0.2, 0) is 15.9 Å². The molecule has 2 aliphatic rings. The molecule has 1 aliphatic carbocycles. The third-order valence-electron chi connectivity index (χ3n) is 11.8. The number of unbranched alkanes of at least 4 members (excludes halogenated alkanes) is 18. The van der Waals surface area contributed by atoms with E-state index >= 15 is 0 Å². The lowest BCUT2D eigenvalue weighted by Crippen LogP contribution is -2.36. The van der Waals surface area contributed by atoms with E-state index in [2.05, 4.69) is 91.5 Å². The van der Waals surface area contributed by atoms with Crippen LogP contribution in [0.3, 0.4) is 0 Å². The summed E-state index contributed by atoms with van der Waals surface area (Å²) in [6, 6.07) is 4.82. The molecule has 54 heavy (non-hydrogen) atoms. The minimum absolute atomic E-state index is 0.257. The Morgan fingerprint density at radius 1 is 0.574 bits per heavy atom. The van der Waals surface area contributed by atoms with Crippen LogP contribution in [-0.4, -0.2) is 47.5 Å². The van der Waals surface area contributed by atoms with Gasteiger partial charge in [-0.05, 0) is 121 Å². The van der Waals surface area contributed by atoms with E-state index < -0.39 is 0 Å². The van der Waals surface area contributed by atoms with Crippen LogP contribution < -0.4 is 0 Å². The number of pyridine rings is 1. The Morgan fingerprint density at radius 2 is 0.981 bits per heavy atom. The maximum Gasteiger partial charge on any atom is 0.169 e. The Hall–Kier alpha value is -2.01. The van der Waals surface area contributed by atoms with Crippen LogP contribution in [0.5, 0.6) is 0 Å². The van der Waals surface area contributed by atoms with Gasteiger partial charge in [-0.25, -0.2) is 0 Å². The molecule has 4 nitrogen and oxygen atoms in total. The normalized spacial score (nSPS) is 21.7. The van der Waals surface area contributed by atoms with E-state index in [4.69, 9.17) is 9.47 Å². The first-order valence-electron chi connectivity index (χ1n) is 23.2. The number of hydrogen-bond donors (Lipinski definition) is 0. The first kappa shape index (κ1) is 46.4. The molecule has 1 saturated heterocycles. The topological polar surface area (TPSA) is 34.6 Å². The third-order valence-corrected chi connectivity index (χ3v) is 11.8. The van der Waals surface area contributed by atoms with Gasteiger partial charge in [0.25, 0.3) is 0 Å². The average molecular weight is 745 g/mol. The molecule has 2 unspecified atom stereocenters. The maximum absolute atomic E-state index is 6.98. The smallest absolute Gasteiger partial charge is 0.169 e. The lowest BCUT2D eigenvalue weighted by molar-refractivity contribution is -0.193. The second-order valence-electron chi connectivity index (χ2n) is 16.6. The fraction of sp³-hybridized carbons (Fsp3) is 0.740. The second-order valence-corrected chi connectivity index (χ2v) is 16.6. The summed E-state index contributed by atoms with van der Waals surface area (Å²) in [5.74, 6) is -0.347. The van der Waals surface area contributed by atoms with Crippen molar-refractivity contribution in [2.45, 2.75) is 224 Å². The number of ether oxygens (including phenoxy) is 2. The SMILES string of the molecule is CCCCCC=CCC=CCCCCCCCCC1(CCCCCCCCC=CCC=CCCCCC)OC2CC(N(C)CCc3ccncc3)CC2O1. The molecule has 3 rings (SSSR count). The molecule has 0 N–H and O–H groups in total. The van der Waals surface area contributed by atoms with Crippen LogP contribution in [0.15, 0.2) is 73.1 Å². The van der Waals surface area contributed by atoms with Gasteiger partial charge in [0.2, 0.25) is 0 Å². The van der Waals surface area contributed by atoms with Gasteiger partial charge < -0.3 is 14.4 Å². The van der Waals surface area contributed by atoms with Gasteiger partial charge in [-0.15, -0.1) is 0 Å². The Balaban J connectivity index is 1.31. The highest BCUT2D eigenvalue weighted by molar-refractivity contribution is 5.10. The zero-order valence-electron chi connectivity index (χ0n) is 35.6. The number of nitrogens with zero attached hydrogens (tertiary/aromatic N) is 2. The number of allylic oxidation sites excluding steroid dienone is 8. The van der Waals surface area contributed by atoms with Gasteiger partial charge in [-0.3, -0.25) is 4.98 Å². The third kappa shape index (κ3) is 21.3. The van der Waals surface area contributed by atoms with Gasteiger partial charge >= 0.3 is 0 Å². The highest BCUT2D eigenvalue weighted by atomic mass is 16.8. The first-order chi connectivity index (χ1) is 26.7. The number of aromatic nitrogens is 1. The fourth-order valence-corrected chi connectivity index (χ4v) is 8.29. The van der Waals surface area contributed by atoms with Crippen molar-refractivity contribution in [2.75, 3.05) is 13.6 Å². The molecule has 1 saturated carbocycles. The van der Waals surface area contributed by atoms with E-state index in [1.54, 1.807) is 0 Å². The summed E-state index contributed by atoms with van der Waals surface area (Å²) >= 11 is 0. The van der Waals surface area contributed by atoms with Gasteiger partial charge in [0.1, 0.15) is 0 Å². The minimum Gasteiger partial charge on any atom is -0.344 e. The van der Waals surface area contributed by atoms with E-state index in [1.165, 1.54) is 147 Å². The van der Waals surface area contributed by atoms with Crippen molar-refractivity contribution in [3.63, 3.8) is 0 Å². The lowest BCUT2D eigenvalue weighted by Gasteiger charge is -2.32. The number of hydrogen-bond acceptors (Lipinski definition) is 4. The van der Waals surface area contributed by atoms with E-state index in [0.29, 0.717) is 6.04 Å². The summed E-state index contributed by atoms with van der Waals surface area (Å²) in [5.41, 5.74) is 1.36. The molecule has 0 amide bonds. The number of fused-ring (bicyclic) bond motifs is 1. The van der Waals surface area contributed by atoms with Crippen molar-refractivity contribution < 1.29 is 9.47 Å². The van der Waals surface area contributed by atoms with Crippen LogP contribution in [0, 0.1) is 0 Å². The summed E-state index contributed by atoms with van der Waals surface area (Å²) < 4.78 is 14.0. The molecule has 306 valence electrons. The van der Waals surface area contributed by atoms with Crippen LogP contribution in [0.4, 0.5) is 0 Å². The zero-order valence-corrected chi connectivity index (χ0v) is 35.6. The fourth-order valence-electron chi connectivity index (χ4n) is 8.29. The Kier molecular flexibility index (Phi) is 26.7. The molecule has 4 heteroatoms. The summed E-state index contributed by atoms with van der Waals surface area (Å²) in [5, 5.41) is 0. The average Bonchev–Trinajstić information content (AvgIpc) is 3.74. The van der Waals surface area contributed by atoms with Crippen molar-refractivity contribution in [1.29, 1.82) is 0 Å². The van der Waals surface area contributed by atoms with Crippen LogP contribution in [0.2, 0.25) is 0 Å². The van der Waals surface area contributed by atoms with Gasteiger partial charge in [-0.1, -0.05) is 140 Å². The van der Waals surface area contributed by atoms with E-state index in [9.17, 15) is 0 Å². The Morgan fingerprint density at radius 3 is 1.43 bits per heavy atom. The summed E-state index contributed by atoms with van der Waals surface area (Å²) in [7, 11) is 2.29. The van der Waals surface area contributed by atoms with Crippen LogP contribution >= 0.6 is 0 Å². The Labute approximate surface area is 334 Å². The standard InChI is InChI=1S/C50H84N2O2/c1-4-6-8-10-12-14-16-18-20-22-24-26-28-30-32-34-39-50(40-35-33-31-29-27-25-23-21-19-17-15-13-11-9-7-5-2)53-48-44-47(45-49(48)54-50)52(3)43-38-46-36-41-51-42-37-46/h12-15,18-21,36-37,41-42,47-49H,4-11,16-17,22-35,38-40,43-45H2,1-3H3. The molecule has 1 aromatic rings. The molecule has 1 aliphatic heterocycles. The first-order valence-corrected chi connectivity index (χ1v) is 23.2. The quantitative estimate of drug-likeness (QED) is 0.0520. The summed E-state index contributed by atoms with van der Waals surface area (Å²) in [6.45, 7) is 5.61. The van der Waals surface area contributed by atoms with Crippen molar-refractivity contribution >= 4 is 0 Å². The van der Waals surface area contributed by atoms with Gasteiger partial charge in [0, 0.05) is 37.8 Å². The maximum atomic E-state index is 6.98. The highest BCUT2D eigenvalue weighted by Crippen LogP contribution is 2.44. The molecule has 0 spiro atoms. The molecular formula is C50H84N2O2.